The molecule has 0 aliphatic heterocycles. The van der Waals surface area contributed by atoms with Crippen LogP contribution in [0.4, 0.5) is 0 Å². The lowest BCUT2D eigenvalue weighted by Gasteiger charge is -2.12. The molecule has 0 spiro atoms. The molecule has 0 aliphatic carbocycles. The van der Waals surface area contributed by atoms with Gasteiger partial charge in [0.2, 0.25) is 0 Å². The van der Waals surface area contributed by atoms with Crippen LogP contribution in [-0.4, -0.2) is 38.2 Å². The van der Waals surface area contributed by atoms with Crippen LogP contribution < -0.4 is 15.4 Å². The molecule has 3 rings (SSSR count). The maximum Gasteiger partial charge on any atom is 0.190 e. The molecule has 3 aromatic rings. The van der Waals surface area contributed by atoms with Crippen LogP contribution in [0, 0.1) is 0 Å². The van der Waals surface area contributed by atoms with Crippen molar-refractivity contribution in [1.29, 1.82) is 0 Å². The van der Waals surface area contributed by atoms with Gasteiger partial charge in [-0.2, -0.15) is 0 Å². The van der Waals surface area contributed by atoms with Crippen LogP contribution in [0.2, 0.25) is 0 Å². The Hall–Kier alpha value is -2.22. The second-order valence-electron chi connectivity index (χ2n) is 6.14. The molecule has 0 bridgehead atoms. The summed E-state index contributed by atoms with van der Waals surface area (Å²) in [5.41, 5.74) is 3.74. The number of H-pyrrole nitrogens is 1. The van der Waals surface area contributed by atoms with Gasteiger partial charge in [0.25, 0.3) is 0 Å². The minimum absolute atomic E-state index is 0. The Labute approximate surface area is 177 Å². The number of guanidine groups is 1. The molecule has 2 aromatic carbocycles. The third-order valence-corrected chi connectivity index (χ3v) is 4.43. The third kappa shape index (κ3) is 5.89. The van der Waals surface area contributed by atoms with Crippen LogP contribution in [0.1, 0.15) is 11.1 Å². The largest absolute Gasteiger partial charge is 0.497 e. The van der Waals surface area contributed by atoms with Gasteiger partial charge in [-0.15, -0.1) is 24.0 Å². The van der Waals surface area contributed by atoms with E-state index < -0.39 is 0 Å². The first kappa shape index (κ1) is 21.1. The highest BCUT2D eigenvalue weighted by Gasteiger charge is 2.04. The first-order valence-electron chi connectivity index (χ1n) is 8.92. The van der Waals surface area contributed by atoms with Gasteiger partial charge in [0, 0.05) is 37.2 Å². The predicted octanol–water partition coefficient (Wildman–Crippen LogP) is 3.74. The lowest BCUT2D eigenvalue weighted by atomic mass is 10.1. The summed E-state index contributed by atoms with van der Waals surface area (Å²) in [6.45, 7) is 1.65. The lowest BCUT2D eigenvalue weighted by Crippen LogP contribution is -2.39. The van der Waals surface area contributed by atoms with E-state index in [9.17, 15) is 0 Å². The lowest BCUT2D eigenvalue weighted by molar-refractivity contribution is 0.414. The monoisotopic (exact) mass is 478 g/mol. The summed E-state index contributed by atoms with van der Waals surface area (Å²) in [4.78, 5) is 7.61. The number of para-hydroxylation sites is 1. The third-order valence-electron chi connectivity index (χ3n) is 4.43. The van der Waals surface area contributed by atoms with E-state index in [1.807, 2.05) is 12.1 Å². The van der Waals surface area contributed by atoms with Crippen LogP contribution in [0.3, 0.4) is 0 Å². The Morgan fingerprint density at radius 1 is 1.04 bits per heavy atom. The molecular formula is C21H27IN4O. The minimum Gasteiger partial charge on any atom is -0.497 e. The summed E-state index contributed by atoms with van der Waals surface area (Å²) in [5, 5.41) is 8.03. The van der Waals surface area contributed by atoms with Crippen molar-refractivity contribution in [2.75, 3.05) is 27.2 Å². The average Bonchev–Trinajstić information content (AvgIpc) is 3.10. The van der Waals surface area contributed by atoms with Gasteiger partial charge in [-0.05, 0) is 42.2 Å². The number of rotatable bonds is 7. The summed E-state index contributed by atoms with van der Waals surface area (Å²) in [5.74, 6) is 1.72. The van der Waals surface area contributed by atoms with E-state index in [0.29, 0.717) is 0 Å². The highest BCUT2D eigenvalue weighted by molar-refractivity contribution is 14.0. The van der Waals surface area contributed by atoms with Crippen molar-refractivity contribution >= 4 is 40.8 Å². The number of aromatic amines is 1. The maximum absolute atomic E-state index is 5.26. The van der Waals surface area contributed by atoms with Gasteiger partial charge in [0.1, 0.15) is 5.75 Å². The van der Waals surface area contributed by atoms with E-state index in [0.717, 1.165) is 37.6 Å². The number of ether oxygens (including phenoxy) is 1. The molecule has 144 valence electrons. The number of nitrogens with zero attached hydrogens (tertiary/aromatic N) is 1. The molecular weight excluding hydrogens is 451 g/mol. The number of hydrogen-bond acceptors (Lipinski definition) is 2. The van der Waals surface area contributed by atoms with Crippen molar-refractivity contribution in [2.24, 2.45) is 4.99 Å². The molecule has 0 saturated heterocycles. The van der Waals surface area contributed by atoms with Gasteiger partial charge in [0.05, 0.1) is 7.11 Å². The normalized spacial score (nSPS) is 11.1. The van der Waals surface area contributed by atoms with E-state index in [2.05, 4.69) is 63.2 Å². The number of fused-ring (bicyclic) bond motifs is 1. The molecule has 0 amide bonds. The van der Waals surface area contributed by atoms with E-state index in [1.165, 1.54) is 22.0 Å². The Morgan fingerprint density at radius 3 is 2.59 bits per heavy atom. The molecule has 0 radical (unpaired) electrons. The summed E-state index contributed by atoms with van der Waals surface area (Å²) in [6.07, 6.45) is 3.95. The fourth-order valence-electron chi connectivity index (χ4n) is 3.03. The number of hydrogen-bond donors (Lipinski definition) is 3. The number of benzene rings is 2. The molecule has 0 fully saturated rings. The quantitative estimate of drug-likeness (QED) is 0.276. The molecule has 0 saturated carbocycles. The summed E-state index contributed by atoms with van der Waals surface area (Å²) >= 11 is 0. The first-order chi connectivity index (χ1) is 12.8. The number of halogens is 1. The second kappa shape index (κ2) is 10.8. The molecule has 6 heteroatoms. The molecule has 0 aliphatic rings. The Kier molecular flexibility index (Phi) is 8.44. The summed E-state index contributed by atoms with van der Waals surface area (Å²) in [6, 6.07) is 16.5. The van der Waals surface area contributed by atoms with Crippen molar-refractivity contribution in [3.8, 4) is 5.75 Å². The standard InChI is InChI=1S/C21H26N4O.HI/c1-22-21(23-12-10-16-6-5-7-18(14-16)26-2)24-13-11-17-15-25-20-9-4-3-8-19(17)20;/h3-9,14-15,25H,10-13H2,1-2H3,(H2,22,23,24);1H. The number of aromatic nitrogens is 1. The highest BCUT2D eigenvalue weighted by atomic mass is 127. The number of nitrogens with one attached hydrogen (secondary N) is 3. The Bertz CT molecular complexity index is 875. The molecule has 5 nitrogen and oxygen atoms in total. The number of aliphatic imine (C=N–C) groups is 1. The topological polar surface area (TPSA) is 61.4 Å². The van der Waals surface area contributed by atoms with Crippen LogP contribution >= 0.6 is 24.0 Å². The van der Waals surface area contributed by atoms with Crippen LogP contribution in [0.25, 0.3) is 10.9 Å². The first-order valence-corrected chi connectivity index (χ1v) is 8.92. The van der Waals surface area contributed by atoms with E-state index >= 15 is 0 Å². The average molecular weight is 478 g/mol. The molecule has 27 heavy (non-hydrogen) atoms. The van der Waals surface area contributed by atoms with E-state index in [4.69, 9.17) is 4.74 Å². The fraction of sp³-hybridized carbons (Fsp3) is 0.286. The Morgan fingerprint density at radius 2 is 1.81 bits per heavy atom. The van der Waals surface area contributed by atoms with Crippen LogP contribution in [0.5, 0.6) is 5.75 Å². The van der Waals surface area contributed by atoms with Crippen LogP contribution in [0.15, 0.2) is 59.7 Å². The zero-order chi connectivity index (χ0) is 18.2. The summed E-state index contributed by atoms with van der Waals surface area (Å²) < 4.78 is 5.26. The molecule has 1 aromatic heterocycles. The summed E-state index contributed by atoms with van der Waals surface area (Å²) in [7, 11) is 3.49. The fourth-order valence-corrected chi connectivity index (χ4v) is 3.03. The minimum atomic E-state index is 0. The zero-order valence-electron chi connectivity index (χ0n) is 15.8. The van der Waals surface area contributed by atoms with Crippen molar-refractivity contribution in [3.05, 3.63) is 65.9 Å². The van der Waals surface area contributed by atoms with E-state index in [-0.39, 0.29) is 24.0 Å². The van der Waals surface area contributed by atoms with Gasteiger partial charge >= 0.3 is 0 Å². The SMILES string of the molecule is CN=C(NCCc1cccc(OC)c1)NCCc1c[nH]c2ccccc12.I. The van der Waals surface area contributed by atoms with Gasteiger partial charge in [-0.1, -0.05) is 30.3 Å². The predicted molar refractivity (Wildman–Crippen MR) is 123 cm³/mol. The van der Waals surface area contributed by atoms with Crippen molar-refractivity contribution in [1.82, 2.24) is 15.6 Å². The van der Waals surface area contributed by atoms with Gasteiger partial charge in [-0.25, -0.2) is 0 Å². The highest BCUT2D eigenvalue weighted by Crippen LogP contribution is 2.17. The van der Waals surface area contributed by atoms with E-state index in [1.54, 1.807) is 14.2 Å². The second-order valence-corrected chi connectivity index (χ2v) is 6.14. The maximum atomic E-state index is 5.26. The van der Waals surface area contributed by atoms with Gasteiger partial charge < -0.3 is 20.4 Å². The molecule has 0 unspecified atom stereocenters. The zero-order valence-corrected chi connectivity index (χ0v) is 18.1. The molecule has 0 atom stereocenters. The molecule has 3 N–H and O–H groups in total. The molecule has 1 heterocycles. The van der Waals surface area contributed by atoms with Gasteiger partial charge in [0.15, 0.2) is 5.96 Å². The van der Waals surface area contributed by atoms with Crippen molar-refractivity contribution in [2.45, 2.75) is 12.8 Å². The van der Waals surface area contributed by atoms with Gasteiger partial charge in [-0.3, -0.25) is 4.99 Å². The van der Waals surface area contributed by atoms with Crippen LogP contribution in [-0.2, 0) is 12.8 Å². The Balaban J connectivity index is 0.00000261. The number of methoxy groups -OCH3 is 1. The van der Waals surface area contributed by atoms with Crippen molar-refractivity contribution < 1.29 is 4.74 Å². The smallest absolute Gasteiger partial charge is 0.190 e. The van der Waals surface area contributed by atoms with Crippen molar-refractivity contribution in [3.63, 3.8) is 0 Å².